The number of hydrogen-bond acceptors (Lipinski definition) is 5. The highest BCUT2D eigenvalue weighted by Gasteiger charge is 2.13. The summed E-state index contributed by atoms with van der Waals surface area (Å²) in [4.78, 5) is 23.3. The van der Waals surface area contributed by atoms with Crippen molar-refractivity contribution in [2.75, 3.05) is 26.4 Å². The Bertz CT molecular complexity index is 687. The van der Waals surface area contributed by atoms with Crippen LogP contribution in [0.4, 0.5) is 0 Å². The zero-order chi connectivity index (χ0) is 15.5. The quantitative estimate of drug-likeness (QED) is 0.618. The van der Waals surface area contributed by atoms with Gasteiger partial charge in [0.25, 0.3) is 5.56 Å². The second kappa shape index (κ2) is 6.33. The Kier molecular flexibility index (Phi) is 5.26. The predicted molar refractivity (Wildman–Crippen MR) is 76.1 cm³/mol. The Balaban J connectivity index is 2.69. The van der Waals surface area contributed by atoms with E-state index >= 15 is 0 Å². The van der Waals surface area contributed by atoms with E-state index in [9.17, 15) is 18.0 Å². The molecule has 9 heteroatoms. The van der Waals surface area contributed by atoms with E-state index in [2.05, 4.69) is 5.32 Å². The van der Waals surface area contributed by atoms with Crippen molar-refractivity contribution in [1.29, 1.82) is 0 Å². The van der Waals surface area contributed by atoms with Gasteiger partial charge in [0.05, 0.1) is 5.75 Å². The lowest BCUT2D eigenvalue weighted by Crippen LogP contribution is -2.40. The molecule has 0 spiro atoms. The summed E-state index contributed by atoms with van der Waals surface area (Å²) in [5.41, 5.74) is -0.359. The van der Waals surface area contributed by atoms with Gasteiger partial charge in [-0.2, -0.15) is 0 Å². The second-order valence-corrected chi connectivity index (χ2v) is 6.99. The van der Waals surface area contributed by atoms with Gasteiger partial charge in [-0.05, 0) is 0 Å². The van der Waals surface area contributed by atoms with Gasteiger partial charge in [0.1, 0.15) is 0 Å². The first-order valence-corrected chi connectivity index (χ1v) is 7.64. The van der Waals surface area contributed by atoms with Gasteiger partial charge in [-0.15, -0.1) is 0 Å². The van der Waals surface area contributed by atoms with E-state index in [1.54, 1.807) is 7.05 Å². The topological polar surface area (TPSA) is 93.4 Å². The molecule has 1 N–H and O–H groups in total. The Morgan fingerprint density at radius 3 is 2.40 bits per heavy atom. The Morgan fingerprint density at radius 1 is 1.25 bits per heavy atom. The van der Waals surface area contributed by atoms with E-state index in [1.807, 2.05) is 0 Å². The van der Waals surface area contributed by atoms with Crippen LogP contribution in [-0.4, -0.2) is 48.3 Å². The largest absolute Gasteiger partial charge is 0.330 e. The Morgan fingerprint density at radius 2 is 1.85 bits per heavy atom. The minimum Gasteiger partial charge on any atom is -0.311 e. The van der Waals surface area contributed by atoms with Gasteiger partial charge >= 0.3 is 5.69 Å². The summed E-state index contributed by atoms with van der Waals surface area (Å²) in [5.74, 6) is -0.0495. The maximum atomic E-state index is 11.8. The van der Waals surface area contributed by atoms with Crippen molar-refractivity contribution in [3.8, 4) is 0 Å². The van der Waals surface area contributed by atoms with Crippen LogP contribution in [0.15, 0.2) is 15.8 Å². The molecule has 0 aromatic carbocycles. The molecule has 0 unspecified atom stereocenters. The molecule has 0 radical (unpaired) electrons. The van der Waals surface area contributed by atoms with Crippen LogP contribution in [0.1, 0.15) is 5.56 Å². The Hall–Kier alpha value is -1.45. The number of nitrogens with zero attached hydrogens (tertiary/aromatic N) is 3. The van der Waals surface area contributed by atoms with Gasteiger partial charge < -0.3 is 9.88 Å². The molecule has 0 saturated carbocycles. The number of rotatable bonds is 6. The first-order valence-electron chi connectivity index (χ1n) is 6.03. The van der Waals surface area contributed by atoms with Crippen LogP contribution in [0.25, 0.3) is 0 Å². The van der Waals surface area contributed by atoms with Gasteiger partial charge in [0.15, 0.2) is 0 Å². The molecule has 0 amide bonds. The zero-order valence-corrected chi connectivity index (χ0v) is 12.9. The van der Waals surface area contributed by atoms with Crippen molar-refractivity contribution >= 4 is 10.0 Å². The van der Waals surface area contributed by atoms with Crippen molar-refractivity contribution in [3.63, 3.8) is 0 Å². The molecule has 1 heterocycles. The number of nitrogens with one attached hydrogen (secondary N) is 1. The van der Waals surface area contributed by atoms with Crippen LogP contribution in [0.3, 0.4) is 0 Å². The molecule has 1 aromatic heterocycles. The number of aryl methyl sites for hydroxylation is 1. The lowest BCUT2D eigenvalue weighted by Gasteiger charge is -2.12. The van der Waals surface area contributed by atoms with E-state index in [1.165, 1.54) is 31.9 Å². The molecule has 114 valence electrons. The molecule has 0 atom stereocenters. The van der Waals surface area contributed by atoms with Gasteiger partial charge in [-0.1, -0.05) is 0 Å². The van der Waals surface area contributed by atoms with Crippen molar-refractivity contribution < 1.29 is 8.42 Å². The van der Waals surface area contributed by atoms with Crippen LogP contribution >= 0.6 is 0 Å². The van der Waals surface area contributed by atoms with Crippen LogP contribution in [0.5, 0.6) is 0 Å². The van der Waals surface area contributed by atoms with Gasteiger partial charge in [-0.3, -0.25) is 9.36 Å². The highest BCUT2D eigenvalue weighted by Crippen LogP contribution is 1.93. The van der Waals surface area contributed by atoms with E-state index in [-0.39, 0.29) is 24.4 Å². The third kappa shape index (κ3) is 3.78. The summed E-state index contributed by atoms with van der Waals surface area (Å²) in [6.45, 7) is 0.441. The van der Waals surface area contributed by atoms with Crippen molar-refractivity contribution in [2.24, 2.45) is 14.1 Å². The van der Waals surface area contributed by atoms with Gasteiger partial charge in [-0.25, -0.2) is 17.5 Å². The standard InChI is InChI=1S/C11H20N4O4S/c1-13(2)20(18,19)6-5-12-7-9-8-14(3)11(17)15(4)10(9)16/h8,12H,5-7H2,1-4H3. The molecule has 0 aliphatic carbocycles. The van der Waals surface area contributed by atoms with E-state index < -0.39 is 15.7 Å². The third-order valence-electron chi connectivity index (χ3n) is 2.93. The molecular weight excluding hydrogens is 284 g/mol. The maximum absolute atomic E-state index is 11.8. The number of sulfonamides is 1. The fourth-order valence-electron chi connectivity index (χ4n) is 1.61. The molecule has 1 aromatic rings. The molecule has 0 aliphatic heterocycles. The summed E-state index contributed by atoms with van der Waals surface area (Å²) >= 11 is 0. The summed E-state index contributed by atoms with van der Waals surface area (Å²) in [6, 6.07) is 0. The van der Waals surface area contributed by atoms with E-state index in [0.717, 1.165) is 8.87 Å². The lowest BCUT2D eigenvalue weighted by atomic mass is 10.3. The second-order valence-electron chi connectivity index (χ2n) is 4.69. The summed E-state index contributed by atoms with van der Waals surface area (Å²) in [7, 11) is 2.65. The van der Waals surface area contributed by atoms with Crippen LogP contribution < -0.4 is 16.6 Å². The Labute approximate surface area is 117 Å². The van der Waals surface area contributed by atoms with E-state index in [0.29, 0.717) is 5.56 Å². The predicted octanol–water partition coefficient (Wildman–Crippen LogP) is -1.93. The van der Waals surface area contributed by atoms with Crippen LogP contribution in [0, 0.1) is 0 Å². The molecule has 0 aliphatic rings. The van der Waals surface area contributed by atoms with Crippen LogP contribution in [0.2, 0.25) is 0 Å². The van der Waals surface area contributed by atoms with Crippen molar-refractivity contribution in [1.82, 2.24) is 18.8 Å². The fraction of sp³-hybridized carbons (Fsp3) is 0.636. The monoisotopic (exact) mass is 304 g/mol. The smallest absolute Gasteiger partial charge is 0.311 e. The maximum Gasteiger partial charge on any atom is 0.330 e. The molecular formula is C11H20N4O4S. The summed E-state index contributed by atoms with van der Waals surface area (Å²) in [6.07, 6.45) is 1.46. The number of hydrogen-bond donors (Lipinski definition) is 1. The van der Waals surface area contributed by atoms with Crippen LogP contribution in [-0.2, 0) is 30.7 Å². The normalized spacial score (nSPS) is 12.1. The van der Waals surface area contributed by atoms with Crippen molar-refractivity contribution in [3.05, 3.63) is 32.6 Å². The van der Waals surface area contributed by atoms with Gasteiger partial charge in [0.2, 0.25) is 10.0 Å². The minimum atomic E-state index is -3.25. The third-order valence-corrected chi connectivity index (χ3v) is 4.76. The highest BCUT2D eigenvalue weighted by molar-refractivity contribution is 7.89. The first kappa shape index (κ1) is 16.6. The zero-order valence-electron chi connectivity index (χ0n) is 12.1. The summed E-state index contributed by atoms with van der Waals surface area (Å²) in [5, 5.41) is 2.89. The molecule has 8 nitrogen and oxygen atoms in total. The molecule has 0 saturated heterocycles. The highest BCUT2D eigenvalue weighted by atomic mass is 32.2. The lowest BCUT2D eigenvalue weighted by molar-refractivity contribution is 0.517. The molecule has 20 heavy (non-hydrogen) atoms. The number of aromatic nitrogens is 2. The summed E-state index contributed by atoms with van der Waals surface area (Å²) < 4.78 is 26.6. The SMILES string of the molecule is CN(C)S(=O)(=O)CCNCc1cn(C)c(=O)n(C)c1=O. The minimum absolute atomic E-state index is 0.0495. The molecule has 0 bridgehead atoms. The first-order chi connectivity index (χ1) is 9.16. The van der Waals surface area contributed by atoms with Crippen molar-refractivity contribution in [2.45, 2.75) is 6.54 Å². The average Bonchev–Trinajstić information content (AvgIpc) is 2.37. The molecule has 1 rings (SSSR count). The fourth-order valence-corrected chi connectivity index (χ4v) is 2.38. The van der Waals surface area contributed by atoms with Gasteiger partial charge in [0, 0.05) is 53.0 Å². The molecule has 0 fully saturated rings. The average molecular weight is 304 g/mol. The van der Waals surface area contributed by atoms with E-state index in [4.69, 9.17) is 0 Å².